The van der Waals surface area contributed by atoms with Crippen molar-refractivity contribution in [2.75, 3.05) is 0 Å². The summed E-state index contributed by atoms with van der Waals surface area (Å²) < 4.78 is 0. The highest BCUT2D eigenvalue weighted by Gasteiger charge is 2.18. The zero-order valence-electron chi connectivity index (χ0n) is 6.35. The van der Waals surface area contributed by atoms with Crippen molar-refractivity contribution in [2.24, 2.45) is 5.84 Å². The highest BCUT2D eigenvalue weighted by atomic mass is 16.5. The van der Waals surface area contributed by atoms with Gasteiger partial charge in [-0.1, -0.05) is 13.8 Å². The van der Waals surface area contributed by atoms with Crippen LogP contribution in [0.15, 0.2) is 0 Å². The lowest BCUT2D eigenvalue weighted by Gasteiger charge is -2.41. The number of nitrogens with two attached hydrogens (primary N) is 1. The SMILES string of the molecule is CCC(C)(CC)N(N)[O-]. The van der Waals surface area contributed by atoms with E-state index in [2.05, 4.69) is 0 Å². The first-order valence-corrected chi connectivity index (χ1v) is 3.29. The standard InChI is InChI=1S/C6H15N2O/c1-4-6(3,5-2)8(7)9/h4-5,7H2,1-3H3/q-1. The van der Waals surface area contributed by atoms with Crippen molar-refractivity contribution in [3.63, 3.8) is 0 Å². The molecule has 0 aromatic rings. The second kappa shape index (κ2) is 3.15. The zero-order valence-corrected chi connectivity index (χ0v) is 6.35. The van der Waals surface area contributed by atoms with Gasteiger partial charge < -0.3 is 10.4 Å². The van der Waals surface area contributed by atoms with Crippen LogP contribution in [0.25, 0.3) is 0 Å². The van der Waals surface area contributed by atoms with Crippen molar-refractivity contribution in [3.8, 4) is 0 Å². The van der Waals surface area contributed by atoms with Crippen molar-refractivity contribution in [1.82, 2.24) is 5.17 Å². The molecule has 0 spiro atoms. The molecule has 0 aliphatic rings. The van der Waals surface area contributed by atoms with Gasteiger partial charge in [-0.2, -0.15) is 0 Å². The fourth-order valence-corrected chi connectivity index (χ4v) is 0.562. The Morgan fingerprint density at radius 3 is 1.78 bits per heavy atom. The monoisotopic (exact) mass is 131 g/mol. The molecule has 0 rings (SSSR count). The van der Waals surface area contributed by atoms with Gasteiger partial charge in [-0.05, 0) is 19.8 Å². The smallest absolute Gasteiger partial charge is 0.0183 e. The fourth-order valence-electron chi connectivity index (χ4n) is 0.562. The van der Waals surface area contributed by atoms with Crippen LogP contribution < -0.4 is 5.84 Å². The molecule has 0 aromatic heterocycles. The summed E-state index contributed by atoms with van der Waals surface area (Å²) in [5, 5.41) is 11.2. The van der Waals surface area contributed by atoms with Crippen LogP contribution in [-0.4, -0.2) is 10.7 Å². The van der Waals surface area contributed by atoms with Gasteiger partial charge in [-0.3, -0.25) is 5.84 Å². The first kappa shape index (κ1) is 8.88. The summed E-state index contributed by atoms with van der Waals surface area (Å²) in [4.78, 5) is 0. The van der Waals surface area contributed by atoms with Gasteiger partial charge in [-0.15, -0.1) is 0 Å². The minimum absolute atomic E-state index is 0.361. The highest BCUT2D eigenvalue weighted by molar-refractivity contribution is 4.79. The van der Waals surface area contributed by atoms with Gasteiger partial charge in [0.05, 0.1) is 0 Å². The Labute approximate surface area is 56.4 Å². The number of hydrogen-bond acceptors (Lipinski definition) is 3. The minimum Gasteiger partial charge on any atom is -0.771 e. The number of hydroxylamine groups is 1. The van der Waals surface area contributed by atoms with E-state index in [1.165, 1.54) is 0 Å². The van der Waals surface area contributed by atoms with Crippen LogP contribution in [0.5, 0.6) is 0 Å². The zero-order chi connectivity index (χ0) is 7.49. The molecule has 0 aromatic carbocycles. The van der Waals surface area contributed by atoms with E-state index in [1.54, 1.807) is 0 Å². The molecule has 0 aliphatic carbocycles. The molecule has 0 saturated heterocycles. The van der Waals surface area contributed by atoms with E-state index in [0.717, 1.165) is 12.8 Å². The predicted octanol–water partition coefficient (Wildman–Crippen LogP) is 1.24. The lowest BCUT2D eigenvalue weighted by atomic mass is 9.97. The highest BCUT2D eigenvalue weighted by Crippen LogP contribution is 2.18. The Kier molecular flexibility index (Phi) is 3.11. The van der Waals surface area contributed by atoms with E-state index in [-0.39, 0.29) is 5.54 Å². The van der Waals surface area contributed by atoms with E-state index >= 15 is 0 Å². The molecule has 3 nitrogen and oxygen atoms in total. The van der Waals surface area contributed by atoms with E-state index in [0.29, 0.717) is 5.17 Å². The maximum Gasteiger partial charge on any atom is 0.0183 e. The summed E-state index contributed by atoms with van der Waals surface area (Å²) in [7, 11) is 0. The molecule has 0 unspecified atom stereocenters. The summed E-state index contributed by atoms with van der Waals surface area (Å²) in [6.07, 6.45) is 1.59. The molecular formula is C6H15N2O-. The van der Waals surface area contributed by atoms with Gasteiger partial charge in [-0.25, -0.2) is 0 Å². The first-order chi connectivity index (χ1) is 4.06. The van der Waals surface area contributed by atoms with Crippen molar-refractivity contribution >= 4 is 0 Å². The second-order valence-electron chi connectivity index (χ2n) is 2.53. The summed E-state index contributed by atoms with van der Waals surface area (Å²) in [5.74, 6) is 5.07. The average Bonchev–Trinajstić information content (AvgIpc) is 1.86. The normalized spacial score (nSPS) is 12.7. The van der Waals surface area contributed by atoms with Gasteiger partial charge in [0.1, 0.15) is 0 Å². The van der Waals surface area contributed by atoms with E-state index in [4.69, 9.17) is 5.84 Å². The molecule has 9 heavy (non-hydrogen) atoms. The van der Waals surface area contributed by atoms with Crippen molar-refractivity contribution in [2.45, 2.75) is 39.2 Å². The lowest BCUT2D eigenvalue weighted by Crippen LogP contribution is -2.45. The molecule has 0 atom stereocenters. The molecule has 0 heterocycles. The molecule has 0 fully saturated rings. The molecule has 0 aliphatic heterocycles. The largest absolute Gasteiger partial charge is 0.771 e. The average molecular weight is 131 g/mol. The quantitative estimate of drug-likeness (QED) is 0.463. The third-order valence-corrected chi connectivity index (χ3v) is 2.06. The molecule has 2 N–H and O–H groups in total. The Balaban J connectivity index is 3.92. The molecule has 3 heteroatoms. The Hall–Kier alpha value is -0.120. The van der Waals surface area contributed by atoms with Gasteiger partial charge in [0, 0.05) is 5.54 Å². The number of nitrogens with zero attached hydrogens (tertiary/aromatic N) is 1. The minimum atomic E-state index is -0.361. The Morgan fingerprint density at radius 1 is 1.44 bits per heavy atom. The maximum absolute atomic E-state index is 10.6. The van der Waals surface area contributed by atoms with Gasteiger partial charge in [0.15, 0.2) is 0 Å². The van der Waals surface area contributed by atoms with Gasteiger partial charge >= 0.3 is 0 Å². The Morgan fingerprint density at radius 2 is 1.78 bits per heavy atom. The molecule has 0 saturated carbocycles. The third-order valence-electron chi connectivity index (χ3n) is 2.06. The predicted molar refractivity (Wildman–Crippen MR) is 38.4 cm³/mol. The third kappa shape index (κ3) is 1.93. The fraction of sp³-hybridized carbons (Fsp3) is 1.00. The van der Waals surface area contributed by atoms with Crippen LogP contribution in [0.3, 0.4) is 0 Å². The molecule has 0 amide bonds. The summed E-state index contributed by atoms with van der Waals surface area (Å²) in [6.45, 7) is 5.78. The molecule has 0 bridgehead atoms. The summed E-state index contributed by atoms with van der Waals surface area (Å²) in [5.41, 5.74) is -0.361. The van der Waals surface area contributed by atoms with Crippen LogP contribution in [-0.2, 0) is 0 Å². The summed E-state index contributed by atoms with van der Waals surface area (Å²) >= 11 is 0. The summed E-state index contributed by atoms with van der Waals surface area (Å²) in [6, 6.07) is 0. The molecular weight excluding hydrogens is 116 g/mol. The van der Waals surface area contributed by atoms with Crippen LogP contribution >= 0.6 is 0 Å². The van der Waals surface area contributed by atoms with Crippen molar-refractivity contribution in [3.05, 3.63) is 5.21 Å². The van der Waals surface area contributed by atoms with Gasteiger partial charge in [0.2, 0.25) is 0 Å². The first-order valence-electron chi connectivity index (χ1n) is 3.29. The second-order valence-corrected chi connectivity index (χ2v) is 2.53. The van der Waals surface area contributed by atoms with Crippen LogP contribution in [0.1, 0.15) is 33.6 Å². The lowest BCUT2D eigenvalue weighted by molar-refractivity contribution is 0.155. The topological polar surface area (TPSA) is 52.3 Å². The van der Waals surface area contributed by atoms with E-state index in [1.807, 2.05) is 20.8 Å². The van der Waals surface area contributed by atoms with E-state index < -0.39 is 0 Å². The molecule has 56 valence electrons. The van der Waals surface area contributed by atoms with E-state index in [9.17, 15) is 5.21 Å². The molecule has 0 radical (unpaired) electrons. The Bertz CT molecular complexity index is 79.1. The maximum atomic E-state index is 10.6. The van der Waals surface area contributed by atoms with Crippen molar-refractivity contribution in [1.29, 1.82) is 0 Å². The van der Waals surface area contributed by atoms with Crippen molar-refractivity contribution < 1.29 is 0 Å². The number of hydrogen-bond donors (Lipinski definition) is 1. The van der Waals surface area contributed by atoms with Crippen LogP contribution in [0.2, 0.25) is 0 Å². The van der Waals surface area contributed by atoms with Crippen LogP contribution in [0.4, 0.5) is 0 Å². The van der Waals surface area contributed by atoms with Crippen LogP contribution in [0, 0.1) is 5.21 Å². The number of hydrazine groups is 1. The van der Waals surface area contributed by atoms with Gasteiger partial charge in [0.25, 0.3) is 0 Å². The number of rotatable bonds is 3.